The lowest BCUT2D eigenvalue weighted by molar-refractivity contribution is -0.138. The van der Waals surface area contributed by atoms with E-state index in [0.29, 0.717) is 35.7 Å². The molecule has 0 amide bonds. The predicted octanol–water partition coefficient (Wildman–Crippen LogP) is 3.39. The lowest BCUT2D eigenvalue weighted by Crippen LogP contribution is -2.24. The smallest absolute Gasteiger partial charge is 0.307 e. The van der Waals surface area contributed by atoms with E-state index in [4.69, 9.17) is 24.4 Å². The van der Waals surface area contributed by atoms with Crippen LogP contribution in [0.15, 0.2) is 24.0 Å². The molecule has 1 saturated heterocycles. The van der Waals surface area contributed by atoms with Crippen molar-refractivity contribution in [3.63, 3.8) is 0 Å². The molecule has 170 valence electrons. The van der Waals surface area contributed by atoms with Gasteiger partial charge in [0.05, 0.1) is 30.8 Å². The fourth-order valence-corrected chi connectivity index (χ4v) is 4.49. The number of methoxy groups -OCH3 is 2. The van der Waals surface area contributed by atoms with Crippen LogP contribution in [0, 0.1) is 29.1 Å². The fraction of sp³-hybridized carbons (Fsp3) is 0.480. The Labute approximate surface area is 188 Å². The van der Waals surface area contributed by atoms with Gasteiger partial charge >= 0.3 is 5.97 Å². The van der Waals surface area contributed by atoms with E-state index in [0.717, 1.165) is 12.0 Å². The molecule has 1 aromatic carbocycles. The number of rotatable bonds is 8. The number of hydrogen-bond acceptors (Lipinski definition) is 7. The highest BCUT2D eigenvalue weighted by Crippen LogP contribution is 2.45. The minimum atomic E-state index is -0.498. The van der Waals surface area contributed by atoms with E-state index in [9.17, 15) is 9.59 Å². The summed E-state index contributed by atoms with van der Waals surface area (Å²) >= 11 is 0. The summed E-state index contributed by atoms with van der Waals surface area (Å²) < 4.78 is 22.5. The molecule has 0 bridgehead atoms. The minimum absolute atomic E-state index is 0.108. The van der Waals surface area contributed by atoms with Crippen LogP contribution in [0.25, 0.3) is 5.57 Å². The maximum Gasteiger partial charge on any atom is 0.307 e. The molecule has 7 nitrogen and oxygen atoms in total. The molecule has 1 aliphatic carbocycles. The van der Waals surface area contributed by atoms with Crippen LogP contribution in [0.5, 0.6) is 5.75 Å². The fourth-order valence-electron chi connectivity index (χ4n) is 4.49. The molecule has 0 spiro atoms. The number of benzene rings is 1. The van der Waals surface area contributed by atoms with E-state index < -0.39 is 11.9 Å². The molecule has 1 aliphatic heterocycles. The molecule has 1 N–H and O–H groups in total. The summed E-state index contributed by atoms with van der Waals surface area (Å²) in [5.74, 6) is 5.69. The quantitative estimate of drug-likeness (QED) is 0.379. The van der Waals surface area contributed by atoms with Gasteiger partial charge in [-0.25, -0.2) is 0 Å². The highest BCUT2D eigenvalue weighted by atomic mass is 16.5. The molecule has 1 fully saturated rings. The van der Waals surface area contributed by atoms with Crippen molar-refractivity contribution in [2.45, 2.75) is 45.3 Å². The molecule has 32 heavy (non-hydrogen) atoms. The summed E-state index contributed by atoms with van der Waals surface area (Å²) in [5, 5.41) is 7.73. The molecule has 3 unspecified atom stereocenters. The number of nitrogens with one attached hydrogen (secondary N) is 1. The first kappa shape index (κ1) is 23.7. The molecular formula is C25H29NO6. The summed E-state index contributed by atoms with van der Waals surface area (Å²) in [6.45, 7) is 3.63. The maximum atomic E-state index is 13.2. The van der Waals surface area contributed by atoms with Gasteiger partial charge in [0.1, 0.15) is 11.5 Å². The Kier molecular flexibility index (Phi) is 7.84. The Morgan fingerprint density at radius 1 is 1.34 bits per heavy atom. The minimum Gasteiger partial charge on any atom is -0.496 e. The van der Waals surface area contributed by atoms with Crippen LogP contribution >= 0.6 is 0 Å². The molecule has 0 saturated carbocycles. The summed E-state index contributed by atoms with van der Waals surface area (Å²) in [7, 11) is 3.17. The summed E-state index contributed by atoms with van der Waals surface area (Å²) in [4.78, 5) is 25.1. The van der Waals surface area contributed by atoms with Crippen molar-refractivity contribution in [2.24, 2.45) is 11.8 Å². The van der Waals surface area contributed by atoms with Gasteiger partial charge in [0.25, 0.3) is 0 Å². The summed E-state index contributed by atoms with van der Waals surface area (Å²) in [6.07, 6.45) is 2.18. The van der Waals surface area contributed by atoms with Crippen LogP contribution in [0.4, 0.5) is 0 Å². The van der Waals surface area contributed by atoms with E-state index >= 15 is 0 Å². The first-order valence-electron chi connectivity index (χ1n) is 10.6. The molecule has 0 aromatic heterocycles. The van der Waals surface area contributed by atoms with E-state index in [1.807, 2.05) is 6.07 Å². The van der Waals surface area contributed by atoms with Crippen LogP contribution in [0.3, 0.4) is 0 Å². The van der Waals surface area contributed by atoms with Gasteiger partial charge < -0.3 is 24.4 Å². The molecule has 0 radical (unpaired) electrons. The Morgan fingerprint density at radius 3 is 2.75 bits per heavy atom. The number of ether oxygens (including phenoxy) is 4. The van der Waals surface area contributed by atoms with Crippen molar-refractivity contribution in [2.75, 3.05) is 20.8 Å². The van der Waals surface area contributed by atoms with Crippen LogP contribution < -0.4 is 4.74 Å². The summed E-state index contributed by atoms with van der Waals surface area (Å²) in [6, 6.07) is 5.35. The zero-order valence-electron chi connectivity index (χ0n) is 18.9. The Bertz CT molecular complexity index is 986. The number of Topliss-reactive ketones (excluding diaryl/α,β-unsaturated/α-hetero) is 1. The van der Waals surface area contributed by atoms with Gasteiger partial charge in [-0.05, 0) is 43.9 Å². The number of hydrogen-bond donors (Lipinski definition) is 1. The van der Waals surface area contributed by atoms with Crippen LogP contribution in [0.1, 0.15) is 44.2 Å². The van der Waals surface area contributed by atoms with E-state index in [-0.39, 0.29) is 30.3 Å². The number of carbonyl (C=O) groups is 2. The SMILES string of the molecule is CC#Cc1ccc(C2=C(OC(C)=O)[C@@H](C3CC(CCOC)C(C=N)O3)CC2=O)c(OC)c1. The van der Waals surface area contributed by atoms with Gasteiger partial charge in [0, 0.05) is 44.4 Å². The van der Waals surface area contributed by atoms with Crippen molar-refractivity contribution >= 4 is 23.5 Å². The van der Waals surface area contributed by atoms with Crippen LogP contribution in [0.2, 0.25) is 0 Å². The molecule has 4 atom stereocenters. The Morgan fingerprint density at radius 2 is 2.12 bits per heavy atom. The largest absolute Gasteiger partial charge is 0.496 e. The number of carbonyl (C=O) groups excluding carboxylic acids is 2. The average molecular weight is 440 g/mol. The standard InChI is InChI=1S/C25H29NO6/c1-5-6-16-7-8-18(21(11-16)30-4)24-20(28)13-19(25(24)31-15(2)27)22-12-17(9-10-29-3)23(14-26)32-22/h7-8,11,14,17,19,22-23,26H,9-10,12-13H2,1-4H3/t17?,19-,22?,23?/m1/s1. The van der Waals surface area contributed by atoms with Gasteiger partial charge in [-0.1, -0.05) is 5.92 Å². The van der Waals surface area contributed by atoms with Crippen molar-refractivity contribution in [3.05, 3.63) is 35.1 Å². The zero-order chi connectivity index (χ0) is 23.3. The van der Waals surface area contributed by atoms with Crippen molar-refractivity contribution < 1.29 is 28.5 Å². The van der Waals surface area contributed by atoms with E-state index in [2.05, 4.69) is 11.8 Å². The highest BCUT2D eigenvalue weighted by molar-refractivity contribution is 6.24. The van der Waals surface area contributed by atoms with Gasteiger partial charge in [-0.2, -0.15) is 0 Å². The lowest BCUT2D eigenvalue weighted by atomic mass is 9.90. The van der Waals surface area contributed by atoms with Gasteiger partial charge in [-0.3, -0.25) is 9.59 Å². The first-order valence-corrected chi connectivity index (χ1v) is 10.6. The molecule has 2 aliphatic rings. The second kappa shape index (κ2) is 10.6. The van der Waals surface area contributed by atoms with Crippen LogP contribution in [-0.2, 0) is 23.8 Å². The monoisotopic (exact) mass is 439 g/mol. The number of allylic oxidation sites excluding steroid dienone is 1. The third-order valence-corrected chi connectivity index (χ3v) is 5.90. The predicted molar refractivity (Wildman–Crippen MR) is 119 cm³/mol. The molecule has 3 rings (SSSR count). The molecule has 1 aromatic rings. The number of ketones is 1. The van der Waals surface area contributed by atoms with E-state index in [1.165, 1.54) is 20.2 Å². The third kappa shape index (κ3) is 4.93. The average Bonchev–Trinajstić information content (AvgIpc) is 3.32. The first-order chi connectivity index (χ1) is 15.4. The number of esters is 1. The van der Waals surface area contributed by atoms with Crippen LogP contribution in [-0.4, -0.2) is 51.0 Å². The highest BCUT2D eigenvalue weighted by Gasteiger charge is 2.46. The van der Waals surface area contributed by atoms with Gasteiger partial charge in [0.15, 0.2) is 5.78 Å². The molecular weight excluding hydrogens is 410 g/mol. The van der Waals surface area contributed by atoms with Gasteiger partial charge in [0.2, 0.25) is 0 Å². The van der Waals surface area contributed by atoms with Gasteiger partial charge in [-0.15, -0.1) is 5.92 Å². The topological polar surface area (TPSA) is 94.9 Å². The van der Waals surface area contributed by atoms with E-state index in [1.54, 1.807) is 26.2 Å². The second-order valence-electron chi connectivity index (χ2n) is 7.94. The lowest BCUT2D eigenvalue weighted by Gasteiger charge is -2.21. The molecule has 7 heteroatoms. The zero-order valence-corrected chi connectivity index (χ0v) is 18.9. The molecule has 1 heterocycles. The Hall–Kier alpha value is -2.95. The second-order valence-corrected chi connectivity index (χ2v) is 7.94. The normalized spacial score (nSPS) is 24.8. The van der Waals surface area contributed by atoms with Crippen molar-refractivity contribution in [1.29, 1.82) is 5.41 Å². The third-order valence-electron chi connectivity index (χ3n) is 5.90. The maximum absolute atomic E-state index is 13.2. The van der Waals surface area contributed by atoms with Crippen molar-refractivity contribution in [1.82, 2.24) is 0 Å². The Balaban J connectivity index is 2.01. The van der Waals surface area contributed by atoms with Crippen molar-refractivity contribution in [3.8, 4) is 17.6 Å². The summed E-state index contributed by atoms with van der Waals surface area (Å²) in [5.41, 5.74) is 1.67.